The zero-order chi connectivity index (χ0) is 19.0. The van der Waals surface area contributed by atoms with Gasteiger partial charge in [-0.25, -0.2) is 14.8 Å². The summed E-state index contributed by atoms with van der Waals surface area (Å²) < 4.78 is 4.10. The van der Waals surface area contributed by atoms with Crippen molar-refractivity contribution < 1.29 is 9.90 Å². The molecule has 4 rings (SSSR count). The van der Waals surface area contributed by atoms with Gasteiger partial charge >= 0.3 is 5.97 Å². The number of benzene rings is 2. The molecule has 0 aliphatic heterocycles. The van der Waals surface area contributed by atoms with Crippen LogP contribution in [-0.4, -0.2) is 30.2 Å². The van der Waals surface area contributed by atoms with Crippen LogP contribution in [0.15, 0.2) is 54.9 Å². The molecular weight excluding hydrogens is 364 g/mol. The number of carbonyl (C=O) groups is 1. The van der Waals surface area contributed by atoms with E-state index in [4.69, 9.17) is 11.6 Å². The van der Waals surface area contributed by atoms with Gasteiger partial charge in [0.1, 0.15) is 11.6 Å². The molecule has 0 spiro atoms. The predicted octanol–water partition coefficient (Wildman–Crippen LogP) is 4.32. The highest BCUT2D eigenvalue weighted by atomic mass is 35.5. The lowest BCUT2D eigenvalue weighted by molar-refractivity contribution is 0.0697. The van der Waals surface area contributed by atoms with Crippen molar-refractivity contribution in [3.05, 3.63) is 71.3 Å². The van der Waals surface area contributed by atoms with E-state index < -0.39 is 5.97 Å². The second-order valence-corrected chi connectivity index (χ2v) is 6.61. The van der Waals surface area contributed by atoms with Crippen LogP contribution in [-0.2, 0) is 13.1 Å². The van der Waals surface area contributed by atoms with E-state index in [9.17, 15) is 9.90 Å². The van der Waals surface area contributed by atoms with E-state index >= 15 is 0 Å². The normalized spacial score (nSPS) is 11.2. The van der Waals surface area contributed by atoms with Crippen LogP contribution in [0.5, 0.6) is 0 Å². The van der Waals surface area contributed by atoms with Crippen LogP contribution in [0, 0.1) is 0 Å². The zero-order valence-corrected chi connectivity index (χ0v) is 15.4. The van der Waals surface area contributed by atoms with Gasteiger partial charge in [-0.15, -0.1) is 0 Å². The molecule has 0 amide bonds. The first-order chi connectivity index (χ1) is 13.1. The van der Waals surface area contributed by atoms with E-state index in [1.165, 1.54) is 0 Å². The molecule has 0 unspecified atom stereocenters. The molecule has 0 aliphatic carbocycles. The third-order valence-corrected chi connectivity index (χ3v) is 4.74. The van der Waals surface area contributed by atoms with Crippen molar-refractivity contribution in [2.24, 2.45) is 0 Å². The molecule has 136 valence electrons. The molecule has 6 nitrogen and oxygen atoms in total. The van der Waals surface area contributed by atoms with Gasteiger partial charge in [-0.3, -0.25) is 0 Å². The third-order valence-electron chi connectivity index (χ3n) is 4.50. The van der Waals surface area contributed by atoms with Crippen LogP contribution in [0.1, 0.15) is 23.1 Å². The highest BCUT2D eigenvalue weighted by Crippen LogP contribution is 2.24. The quantitative estimate of drug-likeness (QED) is 0.559. The van der Waals surface area contributed by atoms with Gasteiger partial charge < -0.3 is 14.2 Å². The van der Waals surface area contributed by atoms with Crippen molar-refractivity contribution in [1.82, 2.24) is 19.1 Å². The fourth-order valence-corrected chi connectivity index (χ4v) is 3.45. The second kappa shape index (κ2) is 6.89. The predicted molar refractivity (Wildman–Crippen MR) is 104 cm³/mol. The molecule has 27 heavy (non-hydrogen) atoms. The number of nitrogens with zero attached hydrogens (tertiary/aromatic N) is 4. The SMILES string of the molecule is CCn1c(Cn2ccnc2-c2cccc(Cl)c2)nc2cc(C(=O)O)ccc21. The van der Waals surface area contributed by atoms with Crippen LogP contribution in [0.2, 0.25) is 5.02 Å². The molecule has 0 atom stereocenters. The summed E-state index contributed by atoms with van der Waals surface area (Å²) in [4.78, 5) is 20.4. The fourth-order valence-electron chi connectivity index (χ4n) is 3.26. The maximum Gasteiger partial charge on any atom is 0.335 e. The van der Waals surface area contributed by atoms with E-state index in [2.05, 4.69) is 14.5 Å². The number of aromatic carboxylic acids is 1. The standard InChI is InChI=1S/C20H17ClN4O2/c1-2-25-17-7-6-14(20(26)27)11-16(17)23-18(25)12-24-9-8-22-19(24)13-4-3-5-15(21)10-13/h3-11H,2,12H2,1H3,(H,26,27). The molecule has 4 aromatic rings. The molecule has 0 fully saturated rings. The van der Waals surface area contributed by atoms with Crippen molar-refractivity contribution in [1.29, 1.82) is 0 Å². The Kier molecular flexibility index (Phi) is 4.41. The number of carboxylic acids is 1. The van der Waals surface area contributed by atoms with Crippen LogP contribution in [0.3, 0.4) is 0 Å². The number of rotatable bonds is 5. The van der Waals surface area contributed by atoms with Gasteiger partial charge in [-0.05, 0) is 37.3 Å². The maximum atomic E-state index is 11.2. The minimum Gasteiger partial charge on any atom is -0.478 e. The Hall–Kier alpha value is -3.12. The highest BCUT2D eigenvalue weighted by molar-refractivity contribution is 6.30. The van der Waals surface area contributed by atoms with E-state index in [0.29, 0.717) is 17.1 Å². The molecule has 0 saturated heterocycles. The van der Waals surface area contributed by atoms with Gasteiger partial charge in [0.15, 0.2) is 0 Å². The Labute approximate surface area is 160 Å². The lowest BCUT2D eigenvalue weighted by Gasteiger charge is -2.10. The average molecular weight is 381 g/mol. The van der Waals surface area contributed by atoms with E-state index in [1.54, 1.807) is 18.3 Å². The van der Waals surface area contributed by atoms with Gasteiger partial charge in [0.05, 0.1) is 23.1 Å². The molecular formula is C20H17ClN4O2. The second-order valence-electron chi connectivity index (χ2n) is 6.17. The Bertz CT molecular complexity index is 1150. The number of halogens is 1. The molecule has 1 N–H and O–H groups in total. The maximum absolute atomic E-state index is 11.2. The molecule has 0 radical (unpaired) electrons. The number of aromatic nitrogens is 4. The summed E-state index contributed by atoms with van der Waals surface area (Å²) in [7, 11) is 0. The van der Waals surface area contributed by atoms with E-state index in [-0.39, 0.29) is 5.56 Å². The largest absolute Gasteiger partial charge is 0.478 e. The van der Waals surface area contributed by atoms with Crippen molar-refractivity contribution in [2.45, 2.75) is 20.0 Å². The molecule has 2 heterocycles. The summed E-state index contributed by atoms with van der Waals surface area (Å²) in [5.41, 5.74) is 2.76. The first kappa shape index (κ1) is 17.3. The summed E-state index contributed by atoms with van der Waals surface area (Å²) in [6.45, 7) is 3.30. The van der Waals surface area contributed by atoms with Gasteiger partial charge in [0.25, 0.3) is 0 Å². The first-order valence-electron chi connectivity index (χ1n) is 8.56. The highest BCUT2D eigenvalue weighted by Gasteiger charge is 2.14. The number of hydrogen-bond acceptors (Lipinski definition) is 3. The summed E-state index contributed by atoms with van der Waals surface area (Å²) >= 11 is 6.11. The Morgan fingerprint density at radius 2 is 2.07 bits per heavy atom. The van der Waals surface area contributed by atoms with Crippen molar-refractivity contribution in [2.75, 3.05) is 0 Å². The number of fused-ring (bicyclic) bond motifs is 1. The summed E-state index contributed by atoms with van der Waals surface area (Å²) in [6.07, 6.45) is 3.65. The topological polar surface area (TPSA) is 72.9 Å². The minimum atomic E-state index is -0.956. The average Bonchev–Trinajstić information content (AvgIpc) is 3.25. The summed E-state index contributed by atoms with van der Waals surface area (Å²) in [6, 6.07) is 12.6. The van der Waals surface area contributed by atoms with Crippen LogP contribution in [0.25, 0.3) is 22.4 Å². The number of carboxylic acid groups (broad SMARTS) is 1. The number of aryl methyl sites for hydroxylation is 1. The summed E-state index contributed by atoms with van der Waals surface area (Å²) in [5.74, 6) is 0.692. The van der Waals surface area contributed by atoms with Crippen molar-refractivity contribution in [3.8, 4) is 11.4 Å². The third kappa shape index (κ3) is 3.19. The molecule has 0 saturated carbocycles. The van der Waals surface area contributed by atoms with Crippen LogP contribution in [0.4, 0.5) is 0 Å². The van der Waals surface area contributed by atoms with Crippen molar-refractivity contribution >= 4 is 28.6 Å². The minimum absolute atomic E-state index is 0.233. The molecule has 2 aromatic carbocycles. The molecule has 0 bridgehead atoms. The number of imidazole rings is 2. The Balaban J connectivity index is 1.76. The van der Waals surface area contributed by atoms with Gasteiger partial charge in [0.2, 0.25) is 0 Å². The first-order valence-corrected chi connectivity index (χ1v) is 8.94. The fraction of sp³-hybridized carbons (Fsp3) is 0.150. The Morgan fingerprint density at radius 3 is 2.81 bits per heavy atom. The Morgan fingerprint density at radius 1 is 1.22 bits per heavy atom. The van der Waals surface area contributed by atoms with Crippen LogP contribution >= 0.6 is 11.6 Å². The van der Waals surface area contributed by atoms with Gasteiger partial charge in [-0.2, -0.15) is 0 Å². The monoisotopic (exact) mass is 380 g/mol. The van der Waals surface area contributed by atoms with Crippen LogP contribution < -0.4 is 0 Å². The smallest absolute Gasteiger partial charge is 0.335 e. The van der Waals surface area contributed by atoms with Gasteiger partial charge in [-0.1, -0.05) is 23.7 Å². The molecule has 2 aromatic heterocycles. The lowest BCUT2D eigenvalue weighted by Crippen LogP contribution is -2.08. The molecule has 0 aliphatic rings. The summed E-state index contributed by atoms with van der Waals surface area (Å²) in [5, 5.41) is 9.87. The molecule has 7 heteroatoms. The van der Waals surface area contributed by atoms with E-state index in [1.807, 2.05) is 48.0 Å². The lowest BCUT2D eigenvalue weighted by atomic mass is 10.2. The van der Waals surface area contributed by atoms with Crippen molar-refractivity contribution in [3.63, 3.8) is 0 Å². The number of hydrogen-bond donors (Lipinski definition) is 1. The van der Waals surface area contributed by atoms with Gasteiger partial charge in [0, 0.05) is 29.5 Å². The van der Waals surface area contributed by atoms with E-state index in [0.717, 1.165) is 29.3 Å². The zero-order valence-electron chi connectivity index (χ0n) is 14.6.